The van der Waals surface area contributed by atoms with Gasteiger partial charge in [0, 0.05) is 36.7 Å². The van der Waals surface area contributed by atoms with E-state index in [-0.39, 0.29) is 11.9 Å². The lowest BCUT2D eigenvalue weighted by molar-refractivity contribution is -0.117. The van der Waals surface area contributed by atoms with Gasteiger partial charge in [-0.05, 0) is 37.3 Å². The Bertz CT molecular complexity index is 724. The predicted molar refractivity (Wildman–Crippen MR) is 94.6 cm³/mol. The molecule has 3 atom stereocenters. The molecule has 24 heavy (non-hydrogen) atoms. The molecule has 1 aliphatic heterocycles. The maximum atomic E-state index is 12.6. The average Bonchev–Trinajstić information content (AvgIpc) is 3.21. The van der Waals surface area contributed by atoms with Gasteiger partial charge in [-0.15, -0.1) is 0 Å². The van der Waals surface area contributed by atoms with Crippen LogP contribution < -0.4 is 10.6 Å². The van der Waals surface area contributed by atoms with E-state index in [1.165, 1.54) is 25.7 Å². The van der Waals surface area contributed by atoms with Crippen molar-refractivity contribution < 1.29 is 4.79 Å². The summed E-state index contributed by atoms with van der Waals surface area (Å²) in [4.78, 5) is 17.0. The molecule has 0 radical (unpaired) electrons. The fourth-order valence-electron chi connectivity index (χ4n) is 4.13. The number of aryl methyl sites for hydroxylation is 1. The minimum absolute atomic E-state index is 0.0603. The molecule has 0 bridgehead atoms. The second kappa shape index (κ2) is 6.40. The molecular weight excluding hydrogens is 300 g/mol. The first-order chi connectivity index (χ1) is 11.7. The Labute approximate surface area is 142 Å². The summed E-state index contributed by atoms with van der Waals surface area (Å²) in [6, 6.07) is 8.37. The molecule has 2 aliphatic rings. The van der Waals surface area contributed by atoms with Gasteiger partial charge in [0.2, 0.25) is 5.91 Å². The first kappa shape index (κ1) is 15.4. The van der Waals surface area contributed by atoms with E-state index >= 15 is 0 Å². The number of hydrogen-bond acceptors (Lipinski definition) is 3. The zero-order chi connectivity index (χ0) is 16.5. The minimum atomic E-state index is -0.0603. The van der Waals surface area contributed by atoms with Gasteiger partial charge in [-0.1, -0.05) is 25.0 Å². The molecule has 126 valence electrons. The number of aromatic nitrogens is 2. The molecule has 1 saturated carbocycles. The van der Waals surface area contributed by atoms with Crippen LogP contribution in [0.3, 0.4) is 0 Å². The van der Waals surface area contributed by atoms with Crippen molar-refractivity contribution >= 4 is 11.6 Å². The summed E-state index contributed by atoms with van der Waals surface area (Å²) in [6.07, 6.45) is 9.74. The molecule has 1 amide bonds. The summed E-state index contributed by atoms with van der Waals surface area (Å²) in [5, 5.41) is 6.61. The Morgan fingerprint density at radius 3 is 3.00 bits per heavy atom. The smallest absolute Gasteiger partial charge is 0.241 e. The van der Waals surface area contributed by atoms with Gasteiger partial charge in [0.15, 0.2) is 0 Å². The van der Waals surface area contributed by atoms with E-state index < -0.39 is 0 Å². The van der Waals surface area contributed by atoms with Crippen LogP contribution >= 0.6 is 0 Å². The van der Waals surface area contributed by atoms with E-state index in [0.29, 0.717) is 12.0 Å². The Kier molecular flexibility index (Phi) is 4.10. The third-order valence-electron chi connectivity index (χ3n) is 5.39. The van der Waals surface area contributed by atoms with E-state index in [0.717, 1.165) is 23.5 Å². The van der Waals surface area contributed by atoms with Crippen LogP contribution in [0.1, 0.15) is 32.1 Å². The molecule has 3 unspecified atom stereocenters. The Morgan fingerprint density at radius 1 is 1.33 bits per heavy atom. The van der Waals surface area contributed by atoms with Gasteiger partial charge in [0.1, 0.15) is 5.82 Å². The molecule has 1 aromatic carbocycles. The van der Waals surface area contributed by atoms with Crippen molar-refractivity contribution in [1.29, 1.82) is 0 Å². The lowest BCUT2D eigenvalue weighted by atomic mass is 9.85. The van der Waals surface area contributed by atoms with E-state index in [2.05, 4.69) is 15.6 Å². The van der Waals surface area contributed by atoms with Crippen LogP contribution in [0.4, 0.5) is 5.69 Å². The van der Waals surface area contributed by atoms with Gasteiger partial charge >= 0.3 is 0 Å². The molecule has 5 heteroatoms. The summed E-state index contributed by atoms with van der Waals surface area (Å²) in [6.45, 7) is 0. The highest BCUT2D eigenvalue weighted by Gasteiger charge is 2.38. The summed E-state index contributed by atoms with van der Waals surface area (Å²) in [7, 11) is 1.97. The van der Waals surface area contributed by atoms with Crippen LogP contribution in [0.5, 0.6) is 0 Å². The van der Waals surface area contributed by atoms with Crippen molar-refractivity contribution in [2.45, 2.75) is 44.2 Å². The number of fused-ring (bicyclic) bond motifs is 1. The van der Waals surface area contributed by atoms with Gasteiger partial charge < -0.3 is 15.2 Å². The Balaban J connectivity index is 1.46. The molecule has 1 saturated heterocycles. The molecule has 1 aromatic heterocycles. The van der Waals surface area contributed by atoms with Crippen molar-refractivity contribution in [2.75, 3.05) is 5.32 Å². The van der Waals surface area contributed by atoms with E-state index in [1.54, 1.807) is 6.20 Å². The number of carbonyl (C=O) groups excluding carboxylic acids is 1. The zero-order valence-electron chi connectivity index (χ0n) is 14.0. The third kappa shape index (κ3) is 2.96. The summed E-state index contributed by atoms with van der Waals surface area (Å²) >= 11 is 0. The van der Waals surface area contributed by atoms with Gasteiger partial charge in [-0.2, -0.15) is 0 Å². The maximum Gasteiger partial charge on any atom is 0.241 e. The van der Waals surface area contributed by atoms with Gasteiger partial charge in [-0.25, -0.2) is 4.98 Å². The number of benzene rings is 1. The molecule has 2 heterocycles. The SMILES string of the molecule is Cn1ccnc1-c1cccc(NC(=O)C2CC3CCCCC3N2)c1. The number of rotatable bonds is 3. The minimum Gasteiger partial charge on any atom is -0.334 e. The number of carbonyl (C=O) groups is 1. The maximum absolute atomic E-state index is 12.6. The van der Waals surface area contributed by atoms with E-state index in [1.807, 2.05) is 42.1 Å². The zero-order valence-corrected chi connectivity index (χ0v) is 14.0. The summed E-state index contributed by atoms with van der Waals surface area (Å²) in [5.41, 5.74) is 1.84. The normalized spacial score (nSPS) is 26.1. The molecule has 5 nitrogen and oxygen atoms in total. The lowest BCUT2D eigenvalue weighted by Crippen LogP contribution is -2.39. The van der Waals surface area contributed by atoms with E-state index in [4.69, 9.17) is 0 Å². The quantitative estimate of drug-likeness (QED) is 0.912. The van der Waals surface area contributed by atoms with Crippen LogP contribution in [-0.2, 0) is 11.8 Å². The Morgan fingerprint density at radius 2 is 2.21 bits per heavy atom. The second-order valence-corrected chi connectivity index (χ2v) is 7.04. The summed E-state index contributed by atoms with van der Waals surface area (Å²) in [5.74, 6) is 1.66. The first-order valence-corrected chi connectivity index (χ1v) is 8.85. The topological polar surface area (TPSA) is 59.0 Å². The highest BCUT2D eigenvalue weighted by Crippen LogP contribution is 2.33. The molecule has 2 N–H and O–H groups in total. The van der Waals surface area contributed by atoms with Gasteiger partial charge in [0.05, 0.1) is 6.04 Å². The van der Waals surface area contributed by atoms with Crippen molar-refractivity contribution in [3.05, 3.63) is 36.7 Å². The molecular formula is C19H24N4O. The number of imidazole rings is 1. The Hall–Kier alpha value is -2.14. The standard InChI is InChI=1S/C19H24N4O/c1-23-10-9-20-18(23)14-6-4-7-15(11-14)21-19(24)17-12-13-5-2-3-8-16(13)22-17/h4,6-7,9-11,13,16-17,22H,2-3,5,8,12H2,1H3,(H,21,24). The monoisotopic (exact) mass is 324 g/mol. The van der Waals surface area contributed by atoms with Crippen molar-refractivity contribution in [2.24, 2.45) is 13.0 Å². The first-order valence-electron chi connectivity index (χ1n) is 8.85. The van der Waals surface area contributed by atoms with Crippen molar-refractivity contribution in [1.82, 2.24) is 14.9 Å². The number of amides is 1. The van der Waals surface area contributed by atoms with Crippen LogP contribution in [0, 0.1) is 5.92 Å². The predicted octanol–water partition coefficient (Wildman–Crippen LogP) is 2.95. The number of anilines is 1. The molecule has 2 fully saturated rings. The second-order valence-electron chi connectivity index (χ2n) is 7.04. The fourth-order valence-corrected chi connectivity index (χ4v) is 4.13. The fraction of sp³-hybridized carbons (Fsp3) is 0.474. The van der Waals surface area contributed by atoms with Crippen molar-refractivity contribution in [3.8, 4) is 11.4 Å². The third-order valence-corrected chi connectivity index (χ3v) is 5.39. The molecule has 4 rings (SSSR count). The van der Waals surface area contributed by atoms with Gasteiger partial charge in [-0.3, -0.25) is 4.79 Å². The summed E-state index contributed by atoms with van der Waals surface area (Å²) < 4.78 is 1.98. The lowest BCUT2D eigenvalue weighted by Gasteiger charge is -2.24. The highest BCUT2D eigenvalue weighted by molar-refractivity contribution is 5.95. The molecule has 1 aliphatic carbocycles. The number of hydrogen-bond donors (Lipinski definition) is 2. The number of nitrogens with zero attached hydrogens (tertiary/aromatic N) is 2. The highest BCUT2D eigenvalue weighted by atomic mass is 16.2. The molecule has 0 spiro atoms. The van der Waals surface area contributed by atoms with Crippen LogP contribution in [0.2, 0.25) is 0 Å². The van der Waals surface area contributed by atoms with Crippen LogP contribution in [0.25, 0.3) is 11.4 Å². The molecule has 2 aromatic rings. The van der Waals surface area contributed by atoms with Crippen molar-refractivity contribution in [3.63, 3.8) is 0 Å². The van der Waals surface area contributed by atoms with E-state index in [9.17, 15) is 4.79 Å². The average molecular weight is 324 g/mol. The number of nitrogens with one attached hydrogen (secondary N) is 2. The van der Waals surface area contributed by atoms with Gasteiger partial charge in [0.25, 0.3) is 0 Å². The van der Waals surface area contributed by atoms with Crippen LogP contribution in [0.15, 0.2) is 36.7 Å². The largest absolute Gasteiger partial charge is 0.334 e. The van der Waals surface area contributed by atoms with Crippen LogP contribution in [-0.4, -0.2) is 27.5 Å².